The lowest BCUT2D eigenvalue weighted by atomic mass is 10.0. The molecule has 0 atom stereocenters. The number of hydrogen-bond donors (Lipinski definition) is 2. The highest BCUT2D eigenvalue weighted by atomic mass is 16.5. The van der Waals surface area contributed by atoms with E-state index < -0.39 is 0 Å². The summed E-state index contributed by atoms with van der Waals surface area (Å²) < 4.78 is 5.74. The highest BCUT2D eigenvalue weighted by molar-refractivity contribution is 5.93. The predicted octanol–water partition coefficient (Wildman–Crippen LogP) is 2.47. The minimum Gasteiger partial charge on any atom is -0.492 e. The van der Waals surface area contributed by atoms with Crippen molar-refractivity contribution in [3.05, 3.63) is 41.2 Å². The standard InChI is InChI=1S/C17H20N4O2/c1-11-10-19-17(20-12(11)2)18-7-8-23-14-4-5-15-13(9-14)3-6-16(22)21-15/h4-5,9-10H,3,6-8H2,1-2H3,(H,21,22)(H,18,19,20). The molecular weight excluding hydrogens is 292 g/mol. The second-order valence-corrected chi connectivity index (χ2v) is 5.60. The number of fused-ring (bicyclic) bond motifs is 1. The third-order valence-corrected chi connectivity index (χ3v) is 3.85. The van der Waals surface area contributed by atoms with Crippen LogP contribution < -0.4 is 15.4 Å². The van der Waals surface area contributed by atoms with Crippen LogP contribution in [0.4, 0.5) is 11.6 Å². The van der Waals surface area contributed by atoms with Crippen molar-refractivity contribution < 1.29 is 9.53 Å². The Bertz CT molecular complexity index is 731. The lowest BCUT2D eigenvalue weighted by molar-refractivity contribution is -0.116. The Hall–Kier alpha value is -2.63. The molecule has 0 unspecified atom stereocenters. The van der Waals surface area contributed by atoms with Gasteiger partial charge in [-0.3, -0.25) is 4.79 Å². The number of ether oxygens (including phenoxy) is 1. The van der Waals surface area contributed by atoms with Gasteiger partial charge in [-0.2, -0.15) is 0 Å². The summed E-state index contributed by atoms with van der Waals surface area (Å²) in [5, 5.41) is 6.01. The zero-order valence-corrected chi connectivity index (χ0v) is 13.3. The van der Waals surface area contributed by atoms with Crippen LogP contribution in [0.15, 0.2) is 24.4 Å². The molecule has 3 rings (SSSR count). The van der Waals surface area contributed by atoms with E-state index in [9.17, 15) is 4.79 Å². The van der Waals surface area contributed by atoms with Crippen LogP contribution in [-0.4, -0.2) is 29.0 Å². The topological polar surface area (TPSA) is 76.1 Å². The molecule has 0 spiro atoms. The zero-order chi connectivity index (χ0) is 16.2. The Kier molecular flexibility index (Phi) is 4.41. The number of amides is 1. The first-order valence-electron chi connectivity index (χ1n) is 7.71. The molecule has 6 nitrogen and oxygen atoms in total. The SMILES string of the molecule is Cc1cnc(NCCOc2ccc3c(c2)CCC(=O)N3)nc1C. The molecular formula is C17H20N4O2. The maximum absolute atomic E-state index is 11.3. The minimum absolute atomic E-state index is 0.0729. The van der Waals surface area contributed by atoms with E-state index in [1.54, 1.807) is 0 Å². The van der Waals surface area contributed by atoms with E-state index in [-0.39, 0.29) is 5.91 Å². The highest BCUT2D eigenvalue weighted by Gasteiger charge is 2.14. The van der Waals surface area contributed by atoms with E-state index in [2.05, 4.69) is 20.6 Å². The van der Waals surface area contributed by atoms with E-state index in [4.69, 9.17) is 4.74 Å². The van der Waals surface area contributed by atoms with Crippen molar-refractivity contribution in [2.45, 2.75) is 26.7 Å². The number of nitrogens with zero attached hydrogens (tertiary/aromatic N) is 2. The van der Waals surface area contributed by atoms with Gasteiger partial charge in [-0.15, -0.1) is 0 Å². The first-order chi connectivity index (χ1) is 11.1. The molecule has 0 saturated heterocycles. The first-order valence-corrected chi connectivity index (χ1v) is 7.71. The number of nitrogens with one attached hydrogen (secondary N) is 2. The van der Waals surface area contributed by atoms with Gasteiger partial charge in [-0.05, 0) is 49.6 Å². The normalized spacial score (nSPS) is 13.2. The van der Waals surface area contributed by atoms with Crippen LogP contribution in [0.2, 0.25) is 0 Å². The summed E-state index contributed by atoms with van der Waals surface area (Å²) >= 11 is 0. The van der Waals surface area contributed by atoms with Gasteiger partial charge in [0.15, 0.2) is 0 Å². The lowest BCUT2D eigenvalue weighted by Crippen LogP contribution is -2.19. The molecule has 0 bridgehead atoms. The summed E-state index contributed by atoms with van der Waals surface area (Å²) in [4.78, 5) is 19.9. The molecule has 0 fully saturated rings. The van der Waals surface area contributed by atoms with Crippen molar-refractivity contribution >= 4 is 17.5 Å². The first kappa shape index (κ1) is 15.3. The van der Waals surface area contributed by atoms with E-state index in [0.29, 0.717) is 25.5 Å². The van der Waals surface area contributed by atoms with Crippen molar-refractivity contribution in [1.29, 1.82) is 0 Å². The number of carbonyl (C=O) groups is 1. The highest BCUT2D eigenvalue weighted by Crippen LogP contribution is 2.26. The molecule has 0 saturated carbocycles. The smallest absolute Gasteiger partial charge is 0.224 e. The molecule has 2 aromatic rings. The molecule has 1 aromatic carbocycles. The molecule has 0 radical (unpaired) electrons. The van der Waals surface area contributed by atoms with Gasteiger partial charge in [-0.25, -0.2) is 9.97 Å². The summed E-state index contributed by atoms with van der Waals surface area (Å²) in [5.74, 6) is 1.50. The molecule has 0 aliphatic carbocycles. The lowest BCUT2D eigenvalue weighted by Gasteiger charge is -2.17. The minimum atomic E-state index is 0.0729. The molecule has 23 heavy (non-hydrogen) atoms. The fourth-order valence-electron chi connectivity index (χ4n) is 2.39. The monoisotopic (exact) mass is 312 g/mol. The summed E-state index contributed by atoms with van der Waals surface area (Å²) in [5.41, 5.74) is 4.05. The summed E-state index contributed by atoms with van der Waals surface area (Å²) in [7, 11) is 0. The average Bonchev–Trinajstić information content (AvgIpc) is 2.55. The Morgan fingerprint density at radius 1 is 1.30 bits per heavy atom. The number of rotatable bonds is 5. The number of aromatic nitrogens is 2. The van der Waals surface area contributed by atoms with E-state index in [1.165, 1.54) is 0 Å². The molecule has 6 heteroatoms. The summed E-state index contributed by atoms with van der Waals surface area (Å²) in [6.07, 6.45) is 3.10. The third kappa shape index (κ3) is 3.77. The number of carbonyl (C=O) groups excluding carboxylic acids is 1. The Morgan fingerprint density at radius 2 is 2.17 bits per heavy atom. The maximum atomic E-state index is 11.3. The molecule has 1 amide bonds. The largest absolute Gasteiger partial charge is 0.492 e. The molecule has 1 aliphatic rings. The maximum Gasteiger partial charge on any atom is 0.224 e. The van der Waals surface area contributed by atoms with Crippen molar-refractivity contribution in [1.82, 2.24) is 9.97 Å². The van der Waals surface area contributed by atoms with Crippen LogP contribution in [0.3, 0.4) is 0 Å². The van der Waals surface area contributed by atoms with Gasteiger partial charge in [0.05, 0.1) is 6.54 Å². The average molecular weight is 312 g/mol. The van der Waals surface area contributed by atoms with Gasteiger partial charge in [0.2, 0.25) is 11.9 Å². The number of anilines is 2. The number of benzene rings is 1. The Labute approximate surface area is 135 Å². The molecule has 120 valence electrons. The van der Waals surface area contributed by atoms with Crippen molar-refractivity contribution in [2.24, 2.45) is 0 Å². The van der Waals surface area contributed by atoms with Gasteiger partial charge in [0, 0.05) is 24.0 Å². The third-order valence-electron chi connectivity index (χ3n) is 3.85. The number of hydrogen-bond acceptors (Lipinski definition) is 5. The van der Waals surface area contributed by atoms with E-state index in [1.807, 2.05) is 38.2 Å². The van der Waals surface area contributed by atoms with Crippen LogP contribution in [0.5, 0.6) is 5.75 Å². The van der Waals surface area contributed by atoms with Crippen LogP contribution in [-0.2, 0) is 11.2 Å². The fraction of sp³-hybridized carbons (Fsp3) is 0.353. The molecule has 2 heterocycles. The zero-order valence-electron chi connectivity index (χ0n) is 13.3. The molecule has 1 aromatic heterocycles. The second-order valence-electron chi connectivity index (χ2n) is 5.60. The second kappa shape index (κ2) is 6.64. The van der Waals surface area contributed by atoms with Crippen LogP contribution in [0, 0.1) is 13.8 Å². The van der Waals surface area contributed by atoms with Gasteiger partial charge < -0.3 is 15.4 Å². The van der Waals surface area contributed by atoms with Gasteiger partial charge in [-0.1, -0.05) is 0 Å². The van der Waals surface area contributed by atoms with E-state index in [0.717, 1.165) is 34.7 Å². The van der Waals surface area contributed by atoms with Crippen molar-refractivity contribution in [2.75, 3.05) is 23.8 Å². The van der Waals surface area contributed by atoms with Gasteiger partial charge in [0.1, 0.15) is 12.4 Å². The van der Waals surface area contributed by atoms with Crippen LogP contribution >= 0.6 is 0 Å². The van der Waals surface area contributed by atoms with Crippen LogP contribution in [0.25, 0.3) is 0 Å². The Balaban J connectivity index is 1.51. The number of aryl methyl sites for hydroxylation is 3. The van der Waals surface area contributed by atoms with Gasteiger partial charge in [0.25, 0.3) is 0 Å². The Morgan fingerprint density at radius 3 is 3.00 bits per heavy atom. The molecule has 1 aliphatic heterocycles. The van der Waals surface area contributed by atoms with Crippen LogP contribution in [0.1, 0.15) is 23.2 Å². The van der Waals surface area contributed by atoms with Gasteiger partial charge >= 0.3 is 0 Å². The van der Waals surface area contributed by atoms with Crippen molar-refractivity contribution in [3.63, 3.8) is 0 Å². The quantitative estimate of drug-likeness (QED) is 0.830. The molecule has 2 N–H and O–H groups in total. The fourth-order valence-corrected chi connectivity index (χ4v) is 2.39. The summed E-state index contributed by atoms with van der Waals surface area (Å²) in [6, 6.07) is 5.75. The predicted molar refractivity (Wildman–Crippen MR) is 88.9 cm³/mol. The van der Waals surface area contributed by atoms with Crippen molar-refractivity contribution in [3.8, 4) is 5.75 Å². The van der Waals surface area contributed by atoms with E-state index >= 15 is 0 Å². The summed E-state index contributed by atoms with van der Waals surface area (Å²) in [6.45, 7) is 5.09.